The summed E-state index contributed by atoms with van der Waals surface area (Å²) in [5.41, 5.74) is 2.19. The Morgan fingerprint density at radius 1 is 1.19 bits per heavy atom. The number of ether oxygens (including phenoxy) is 1. The fourth-order valence-corrected chi connectivity index (χ4v) is 3.45. The van der Waals surface area contributed by atoms with E-state index < -0.39 is 0 Å². The number of amides is 1. The van der Waals surface area contributed by atoms with Gasteiger partial charge in [-0.1, -0.05) is 42.3 Å². The lowest BCUT2D eigenvalue weighted by atomic mass is 10.2. The molecule has 2 heterocycles. The SMILES string of the molecule is CCc1ccc(OCc2csc(C(=O)Nc3ncc(Cl)cc3Cl)c2)cc1. The number of halogens is 2. The smallest absolute Gasteiger partial charge is 0.266 e. The van der Waals surface area contributed by atoms with E-state index >= 15 is 0 Å². The minimum atomic E-state index is -0.273. The summed E-state index contributed by atoms with van der Waals surface area (Å²) in [5, 5.41) is 5.28. The Labute approximate surface area is 165 Å². The van der Waals surface area contributed by atoms with Crippen LogP contribution in [0.2, 0.25) is 10.0 Å². The van der Waals surface area contributed by atoms with Crippen LogP contribution in [0.3, 0.4) is 0 Å². The van der Waals surface area contributed by atoms with Crippen LogP contribution in [0.4, 0.5) is 5.82 Å². The summed E-state index contributed by atoms with van der Waals surface area (Å²) in [6.07, 6.45) is 2.43. The number of hydrogen-bond acceptors (Lipinski definition) is 4. The highest BCUT2D eigenvalue weighted by atomic mass is 35.5. The van der Waals surface area contributed by atoms with Crippen LogP contribution in [0.1, 0.15) is 27.7 Å². The summed E-state index contributed by atoms with van der Waals surface area (Å²) in [6.45, 7) is 2.51. The number of anilines is 1. The van der Waals surface area contributed by atoms with Gasteiger partial charge in [0, 0.05) is 11.8 Å². The van der Waals surface area contributed by atoms with Crippen molar-refractivity contribution in [3.05, 3.63) is 74.0 Å². The van der Waals surface area contributed by atoms with Gasteiger partial charge in [0.1, 0.15) is 12.4 Å². The summed E-state index contributed by atoms with van der Waals surface area (Å²) in [4.78, 5) is 16.9. The molecule has 0 radical (unpaired) electrons. The second kappa shape index (κ2) is 8.54. The lowest BCUT2D eigenvalue weighted by Crippen LogP contribution is -2.11. The van der Waals surface area contributed by atoms with Gasteiger partial charge in [0.2, 0.25) is 0 Å². The van der Waals surface area contributed by atoms with Crippen LogP contribution in [0, 0.1) is 0 Å². The molecule has 0 spiro atoms. The summed E-state index contributed by atoms with van der Waals surface area (Å²) in [6, 6.07) is 11.3. The number of carbonyl (C=O) groups excluding carboxylic acids is 1. The van der Waals surface area contributed by atoms with Crippen molar-refractivity contribution in [2.75, 3.05) is 5.32 Å². The number of nitrogens with one attached hydrogen (secondary N) is 1. The first kappa shape index (κ1) is 18.7. The average molecular weight is 407 g/mol. The number of nitrogens with zero attached hydrogens (tertiary/aromatic N) is 1. The second-order valence-electron chi connectivity index (χ2n) is 5.54. The van der Waals surface area contributed by atoms with Gasteiger partial charge >= 0.3 is 0 Å². The van der Waals surface area contributed by atoms with Gasteiger partial charge in [-0.3, -0.25) is 4.79 Å². The molecule has 0 saturated heterocycles. The molecule has 1 amide bonds. The zero-order valence-corrected chi connectivity index (χ0v) is 16.3. The van der Waals surface area contributed by atoms with Gasteiger partial charge in [-0.2, -0.15) is 0 Å². The second-order valence-corrected chi connectivity index (χ2v) is 7.30. The Hall–Kier alpha value is -2.08. The van der Waals surface area contributed by atoms with E-state index in [4.69, 9.17) is 27.9 Å². The molecule has 1 aromatic carbocycles. The van der Waals surface area contributed by atoms with Gasteiger partial charge < -0.3 is 10.1 Å². The minimum absolute atomic E-state index is 0.273. The van der Waals surface area contributed by atoms with Gasteiger partial charge in [-0.25, -0.2) is 4.98 Å². The number of aromatic nitrogens is 1. The molecule has 134 valence electrons. The van der Waals surface area contributed by atoms with Crippen molar-refractivity contribution in [3.63, 3.8) is 0 Å². The molecular weight excluding hydrogens is 391 g/mol. The first-order valence-electron chi connectivity index (χ1n) is 7.96. The van der Waals surface area contributed by atoms with Crippen LogP contribution in [-0.4, -0.2) is 10.9 Å². The van der Waals surface area contributed by atoms with Crippen molar-refractivity contribution >= 4 is 46.3 Å². The maximum Gasteiger partial charge on any atom is 0.266 e. The minimum Gasteiger partial charge on any atom is -0.489 e. The molecule has 3 rings (SSSR count). The standard InChI is InChI=1S/C19H16Cl2N2O2S/c1-2-12-3-5-15(6-4-12)25-10-13-7-17(26-11-13)19(24)23-18-16(21)8-14(20)9-22-18/h3-9,11H,2,10H2,1H3,(H,22,23,24). The third kappa shape index (κ3) is 4.75. The van der Waals surface area contributed by atoms with E-state index in [2.05, 4.69) is 17.2 Å². The summed E-state index contributed by atoms with van der Waals surface area (Å²) >= 11 is 13.2. The fourth-order valence-electron chi connectivity index (χ4n) is 2.23. The zero-order valence-electron chi connectivity index (χ0n) is 14.0. The maximum atomic E-state index is 12.3. The van der Waals surface area contributed by atoms with Gasteiger partial charge in [0.05, 0.1) is 14.9 Å². The van der Waals surface area contributed by atoms with Gasteiger partial charge in [-0.15, -0.1) is 11.3 Å². The number of aryl methyl sites for hydroxylation is 1. The summed E-state index contributed by atoms with van der Waals surface area (Å²) in [7, 11) is 0. The van der Waals surface area contributed by atoms with E-state index in [-0.39, 0.29) is 11.7 Å². The van der Waals surface area contributed by atoms with Crippen LogP contribution in [0.5, 0.6) is 5.75 Å². The normalized spacial score (nSPS) is 10.6. The molecule has 0 aliphatic heterocycles. The molecule has 0 aliphatic rings. The van der Waals surface area contributed by atoms with Crippen LogP contribution in [-0.2, 0) is 13.0 Å². The van der Waals surface area contributed by atoms with Crippen molar-refractivity contribution in [3.8, 4) is 5.75 Å². The van der Waals surface area contributed by atoms with Crippen molar-refractivity contribution in [1.29, 1.82) is 0 Å². The highest BCUT2D eigenvalue weighted by Crippen LogP contribution is 2.24. The molecule has 0 bridgehead atoms. The molecule has 2 aromatic heterocycles. The van der Waals surface area contributed by atoms with Crippen LogP contribution in [0.25, 0.3) is 0 Å². The molecule has 0 unspecified atom stereocenters. The van der Waals surface area contributed by atoms with Crippen molar-refractivity contribution < 1.29 is 9.53 Å². The number of carbonyl (C=O) groups is 1. The van der Waals surface area contributed by atoms with Gasteiger partial charge in [0.15, 0.2) is 5.82 Å². The quantitative estimate of drug-likeness (QED) is 0.558. The zero-order chi connectivity index (χ0) is 18.5. The van der Waals surface area contributed by atoms with Gasteiger partial charge in [0.25, 0.3) is 5.91 Å². The molecule has 0 saturated carbocycles. The van der Waals surface area contributed by atoms with Crippen LogP contribution < -0.4 is 10.1 Å². The monoisotopic (exact) mass is 406 g/mol. The first-order valence-corrected chi connectivity index (χ1v) is 9.60. The van der Waals surface area contributed by atoms with Crippen LogP contribution in [0.15, 0.2) is 48.0 Å². The van der Waals surface area contributed by atoms with Crippen molar-refractivity contribution in [2.45, 2.75) is 20.0 Å². The third-order valence-electron chi connectivity index (χ3n) is 3.65. The first-order chi connectivity index (χ1) is 12.5. The number of rotatable bonds is 6. The summed E-state index contributed by atoms with van der Waals surface area (Å²) in [5.74, 6) is 0.810. The maximum absolute atomic E-state index is 12.3. The Morgan fingerprint density at radius 2 is 1.96 bits per heavy atom. The number of thiophene rings is 1. The predicted octanol–water partition coefficient (Wildman–Crippen LogP) is 5.84. The van der Waals surface area contributed by atoms with E-state index in [1.54, 1.807) is 6.07 Å². The predicted molar refractivity (Wildman–Crippen MR) is 107 cm³/mol. The fraction of sp³-hybridized carbons (Fsp3) is 0.158. The molecule has 0 atom stereocenters. The lowest BCUT2D eigenvalue weighted by molar-refractivity contribution is 0.103. The number of hydrogen-bond donors (Lipinski definition) is 1. The van der Waals surface area contributed by atoms with E-state index in [1.807, 2.05) is 29.6 Å². The molecule has 4 nitrogen and oxygen atoms in total. The molecule has 0 fully saturated rings. The van der Waals surface area contributed by atoms with Gasteiger partial charge in [-0.05, 0) is 41.6 Å². The molecule has 0 aliphatic carbocycles. The molecule has 7 heteroatoms. The Morgan fingerprint density at radius 3 is 2.65 bits per heavy atom. The van der Waals surface area contributed by atoms with Crippen molar-refractivity contribution in [1.82, 2.24) is 4.98 Å². The number of benzene rings is 1. The van der Waals surface area contributed by atoms with E-state index in [1.165, 1.54) is 29.2 Å². The summed E-state index contributed by atoms with van der Waals surface area (Å²) < 4.78 is 5.76. The third-order valence-corrected chi connectivity index (χ3v) is 5.13. The largest absolute Gasteiger partial charge is 0.489 e. The lowest BCUT2D eigenvalue weighted by Gasteiger charge is -2.06. The van der Waals surface area contributed by atoms with E-state index in [0.717, 1.165) is 17.7 Å². The van der Waals surface area contributed by atoms with E-state index in [9.17, 15) is 4.79 Å². The molecule has 26 heavy (non-hydrogen) atoms. The van der Waals surface area contributed by atoms with Crippen molar-refractivity contribution in [2.24, 2.45) is 0 Å². The Kier molecular flexibility index (Phi) is 6.14. The highest BCUT2D eigenvalue weighted by Gasteiger charge is 2.13. The van der Waals surface area contributed by atoms with Crippen LogP contribution >= 0.6 is 34.5 Å². The number of pyridine rings is 1. The average Bonchev–Trinajstić information content (AvgIpc) is 3.12. The highest BCUT2D eigenvalue weighted by molar-refractivity contribution is 7.12. The molecule has 3 aromatic rings. The molecule has 1 N–H and O–H groups in total. The molecular formula is C19H16Cl2N2O2S. The Balaban J connectivity index is 1.60. The Bertz CT molecular complexity index is 910. The topological polar surface area (TPSA) is 51.2 Å². The van der Waals surface area contributed by atoms with E-state index in [0.29, 0.717) is 21.5 Å².